The van der Waals surface area contributed by atoms with Gasteiger partial charge in [0, 0.05) is 63.8 Å². The van der Waals surface area contributed by atoms with Gasteiger partial charge in [0.2, 0.25) is 0 Å². The molecule has 0 atom stereocenters. The maximum Gasteiger partial charge on any atom is 0 e. The Morgan fingerprint density at radius 2 is 0.606 bits per heavy atom. The first-order valence-corrected chi connectivity index (χ1v) is 10.7. The monoisotopic (exact) mass is 613 g/mol. The van der Waals surface area contributed by atoms with E-state index in [0.29, 0.717) is 0 Å². The first-order chi connectivity index (χ1) is 12.6. The summed E-state index contributed by atoms with van der Waals surface area (Å²) in [4.78, 5) is 18.0. The van der Waals surface area contributed by atoms with Gasteiger partial charge in [0.25, 0.3) is 11.9 Å². The van der Waals surface area contributed by atoms with E-state index in [9.17, 15) is 16.8 Å². The Hall–Kier alpha value is 0.777. The van der Waals surface area contributed by atoms with Crippen LogP contribution in [0.15, 0.2) is 0 Å². The molecule has 0 fully saturated rings. The van der Waals surface area contributed by atoms with Crippen molar-refractivity contribution in [3.8, 4) is 0 Å². The molecule has 0 saturated carbocycles. The van der Waals surface area contributed by atoms with Crippen molar-refractivity contribution < 1.29 is 62.5 Å². The second-order valence-corrected chi connectivity index (χ2v) is 9.36. The van der Waals surface area contributed by atoms with E-state index in [1.807, 2.05) is 0 Å². The van der Waals surface area contributed by atoms with Crippen LogP contribution >= 0.6 is 7.72 Å². The molecule has 3 radical (unpaired) electrons. The second kappa shape index (κ2) is 40.0. The van der Waals surface area contributed by atoms with Gasteiger partial charge < -0.3 is 39.4 Å². The summed E-state index contributed by atoms with van der Waals surface area (Å²) in [5.41, 5.74) is 0. The summed E-state index contributed by atoms with van der Waals surface area (Å²) in [5, 5.41) is 14.8. The van der Waals surface area contributed by atoms with Gasteiger partial charge in [-0.05, 0) is 0 Å². The van der Waals surface area contributed by atoms with Crippen LogP contribution in [0.25, 0.3) is 0 Å². The first-order valence-electron chi connectivity index (χ1n) is 8.79. The van der Waals surface area contributed by atoms with E-state index in [1.165, 1.54) is 23.7 Å². The minimum absolute atomic E-state index is 0. The average Bonchev–Trinajstić information content (AvgIpc) is 2.17. The Kier molecular flexibility index (Phi) is 77.7. The molecule has 0 saturated heterocycles. The molecular weight excluding hydrogens is 567 g/mol. The summed E-state index contributed by atoms with van der Waals surface area (Å²) in [7, 11) is -4.49. The quantitative estimate of drug-likeness (QED) is 0.127. The molecule has 4 N–H and O–H groups in total. The van der Waals surface area contributed by atoms with Crippen molar-refractivity contribution in [1.29, 1.82) is 0 Å². The molecule has 0 aromatic carbocycles. The molecular formula is C20H46BF4NaO5PPd-4. The predicted octanol–water partition coefficient (Wildman–Crippen LogP) is 7.62. The molecule has 0 rings (SSSR count). The van der Waals surface area contributed by atoms with Crippen LogP contribution in [0.3, 0.4) is 0 Å². The average molecular weight is 614 g/mol. The molecule has 0 aromatic heterocycles. The van der Waals surface area contributed by atoms with E-state index < -0.39 is 19.7 Å². The molecule has 0 unspecified atom stereocenters. The van der Waals surface area contributed by atoms with Crippen molar-refractivity contribution >= 4 is 56.8 Å². The number of hydrogen-bond acceptors (Lipinski definition) is 2. The van der Waals surface area contributed by atoms with Crippen molar-refractivity contribution in [3.63, 3.8) is 0 Å². The van der Waals surface area contributed by atoms with Crippen LogP contribution in [0, 0.1) is 23.7 Å². The van der Waals surface area contributed by atoms with Crippen LogP contribution < -0.4 is 0 Å². The maximum absolute atomic E-state index is 10.3. The fourth-order valence-corrected chi connectivity index (χ4v) is 0. The molecule has 33 heavy (non-hydrogen) atoms. The number of carbonyl (C=O) groups is 2. The molecule has 0 aliphatic rings. The topological polar surface area (TPSA) is 106 Å². The molecule has 207 valence electrons. The molecule has 5 nitrogen and oxygen atoms in total. The number of carboxylic acids is 2. The molecule has 0 aliphatic carbocycles. The van der Waals surface area contributed by atoms with Crippen LogP contribution in [0.2, 0.25) is 0 Å². The number of carboxylic acid groups (broad SMARTS) is 2. The number of rotatable bonds is 0. The fraction of sp³-hybridized carbons (Fsp3) is 0.700. The summed E-state index contributed by atoms with van der Waals surface area (Å²) in [5.74, 6) is 4.00. The summed E-state index contributed by atoms with van der Waals surface area (Å²) >= 11 is 0. The van der Waals surface area contributed by atoms with Gasteiger partial charge >= 0.3 is 32.1 Å². The van der Waals surface area contributed by atoms with Gasteiger partial charge in [-0.25, -0.2) is 0 Å². The third kappa shape index (κ3) is 51400. The maximum atomic E-state index is 10.3. The van der Waals surface area contributed by atoms with E-state index in [-0.39, 0.29) is 55.5 Å². The van der Waals surface area contributed by atoms with Crippen LogP contribution in [0.1, 0.15) is 96.9 Å². The number of hydrogen-bond donors (Lipinski definition) is 2. The summed E-state index contributed by atoms with van der Waals surface area (Å²) in [6.45, 7) is 27.2. The number of aliphatic carboxylic acids is 2. The fourth-order valence-electron chi connectivity index (χ4n) is 0. The van der Waals surface area contributed by atoms with Gasteiger partial charge in [-0.3, -0.25) is 9.59 Å². The predicted molar refractivity (Wildman–Crippen MR) is 134 cm³/mol. The largest absolute Gasteiger partial charge is 0 e. The Morgan fingerprint density at radius 3 is 0.606 bits per heavy atom. The number of halogens is 4. The van der Waals surface area contributed by atoms with Gasteiger partial charge in [-0.1, -0.05) is 0 Å². The Bertz CT molecular complexity index is 302. The molecule has 0 amide bonds. The molecule has 13 heteroatoms. The molecule has 0 heterocycles. The normalized spacial score (nSPS) is 9.33. The second-order valence-electron chi connectivity index (χ2n) is 7.81. The Balaban J connectivity index is -0.0000000232. The Labute approximate surface area is 238 Å². The first kappa shape index (κ1) is 64.2. The van der Waals surface area contributed by atoms with E-state index in [4.69, 9.17) is 19.8 Å². The smallest absolute Gasteiger partial charge is 0 e. The minimum atomic E-state index is -7.55. The van der Waals surface area contributed by atoms with Gasteiger partial charge in [0.1, 0.15) is 0 Å². The molecule has 0 bridgehead atoms. The van der Waals surface area contributed by atoms with Gasteiger partial charge in [-0.2, -0.15) is 83.1 Å². The van der Waals surface area contributed by atoms with Crippen molar-refractivity contribution in [3.05, 3.63) is 23.7 Å². The van der Waals surface area contributed by atoms with E-state index in [1.54, 1.807) is 0 Å². The van der Waals surface area contributed by atoms with Crippen LogP contribution in [0.5, 0.6) is 0 Å². The Morgan fingerprint density at radius 1 is 0.606 bits per heavy atom. The zero-order chi connectivity index (χ0) is 26.9. The molecule has 0 aromatic rings. The third-order valence-electron chi connectivity index (χ3n) is 0. The van der Waals surface area contributed by atoms with Crippen molar-refractivity contribution in [2.45, 2.75) is 96.9 Å². The van der Waals surface area contributed by atoms with Crippen molar-refractivity contribution in [2.75, 3.05) is 0 Å². The molecule has 0 spiro atoms. The summed E-state index contributed by atoms with van der Waals surface area (Å²) < 4.78 is 41.1. The van der Waals surface area contributed by atoms with Crippen LogP contribution in [0.4, 0.5) is 16.8 Å². The van der Waals surface area contributed by atoms with E-state index >= 15 is 0 Å². The standard InChI is InChI=1S/4C4H9.2C2H4O2.BF4P.Na.H2O.Pd/c4*1-4(2)3;2*1-2(3)4;1-6(2,3,4)5;;;/h4*1-3H3;2*1H3,(H,3,4);;;1H2;/q4*-1;;;;;;. The van der Waals surface area contributed by atoms with Crippen LogP contribution in [-0.4, -0.2) is 64.8 Å². The zero-order valence-electron chi connectivity index (χ0n) is 23.1. The minimum Gasteiger partial charge on any atom is 0 e. The molecule has 0 aliphatic heterocycles. The van der Waals surface area contributed by atoms with Gasteiger partial charge in [0.15, 0.2) is 0 Å². The summed E-state index contributed by atoms with van der Waals surface area (Å²) in [6, 6.07) is 0. The zero-order valence-corrected chi connectivity index (χ0v) is 27.5. The van der Waals surface area contributed by atoms with Crippen molar-refractivity contribution in [2.24, 2.45) is 0 Å². The summed E-state index contributed by atoms with van der Waals surface area (Å²) in [6.07, 6.45) is 0. The van der Waals surface area contributed by atoms with E-state index in [2.05, 4.69) is 90.7 Å². The van der Waals surface area contributed by atoms with Crippen LogP contribution in [-0.2, 0) is 30.0 Å². The SMILES string of the molecule is CC(=O)O.CC(=O)O.C[C-](C)C.C[C-](C)C.C[C-](C)C.C[C-](C)C.O.[B]P(F)(F)(F)F.[Na].[Pd]. The van der Waals surface area contributed by atoms with Crippen molar-refractivity contribution in [1.82, 2.24) is 0 Å². The van der Waals surface area contributed by atoms with Gasteiger partial charge in [-0.15, -0.1) is 0 Å². The van der Waals surface area contributed by atoms with Gasteiger partial charge in [0.05, 0.1) is 0 Å². The van der Waals surface area contributed by atoms with E-state index in [0.717, 1.165) is 13.8 Å². The third-order valence-corrected chi connectivity index (χ3v) is 0.